The molecule has 0 aromatic rings. The lowest BCUT2D eigenvalue weighted by Gasteiger charge is -2.39. The van der Waals surface area contributed by atoms with E-state index in [1.54, 1.807) is 0 Å². The Morgan fingerprint density at radius 2 is 1.80 bits per heavy atom. The molecule has 4 unspecified atom stereocenters. The van der Waals surface area contributed by atoms with Gasteiger partial charge in [0.15, 0.2) is 0 Å². The molecular weight excluding hydrogens is 248 g/mol. The smallest absolute Gasteiger partial charge is 0.0176 e. The van der Waals surface area contributed by atoms with E-state index in [4.69, 9.17) is 0 Å². The van der Waals surface area contributed by atoms with Crippen LogP contribution >= 0.6 is 15.9 Å². The molecule has 0 radical (unpaired) electrons. The average molecular weight is 273 g/mol. The number of alkyl halides is 1. The molecule has 0 amide bonds. The second kappa shape index (κ2) is 5.70. The van der Waals surface area contributed by atoms with Crippen molar-refractivity contribution in [1.29, 1.82) is 0 Å². The highest BCUT2D eigenvalue weighted by Gasteiger charge is 2.33. The Morgan fingerprint density at radius 3 is 2.53 bits per heavy atom. The molecule has 2 rings (SSSR count). The first kappa shape index (κ1) is 12.0. The Hall–Kier alpha value is 0.480. The maximum Gasteiger partial charge on any atom is 0.0176 e. The minimum Gasteiger partial charge on any atom is -0.0888 e. The van der Waals surface area contributed by atoms with Crippen LogP contribution in [0.5, 0.6) is 0 Å². The summed E-state index contributed by atoms with van der Waals surface area (Å²) in [6.07, 6.45) is 13.3. The normalized spacial score (nSPS) is 42.8. The molecule has 1 heteroatoms. The lowest BCUT2D eigenvalue weighted by Crippen LogP contribution is -2.30. The van der Waals surface area contributed by atoms with Crippen molar-refractivity contribution < 1.29 is 0 Å². The van der Waals surface area contributed by atoms with Gasteiger partial charge in [0.1, 0.15) is 0 Å². The fourth-order valence-corrected chi connectivity index (χ4v) is 4.76. The zero-order valence-corrected chi connectivity index (χ0v) is 11.6. The maximum atomic E-state index is 3.93. The van der Waals surface area contributed by atoms with Crippen LogP contribution in [0, 0.1) is 17.8 Å². The van der Waals surface area contributed by atoms with Gasteiger partial charge in [-0.15, -0.1) is 0 Å². The second-order valence-electron chi connectivity index (χ2n) is 5.67. The van der Waals surface area contributed by atoms with Gasteiger partial charge in [0, 0.05) is 4.83 Å². The van der Waals surface area contributed by atoms with Crippen LogP contribution in [0.2, 0.25) is 0 Å². The quantitative estimate of drug-likeness (QED) is 0.610. The minimum absolute atomic E-state index is 0.840. The summed E-state index contributed by atoms with van der Waals surface area (Å²) in [5.41, 5.74) is 0. The van der Waals surface area contributed by atoms with Gasteiger partial charge in [-0.3, -0.25) is 0 Å². The van der Waals surface area contributed by atoms with Crippen LogP contribution in [0.4, 0.5) is 0 Å². The van der Waals surface area contributed by atoms with Crippen LogP contribution in [0.15, 0.2) is 0 Å². The number of halogens is 1. The summed E-state index contributed by atoms with van der Waals surface area (Å²) in [4.78, 5) is 0.840. The van der Waals surface area contributed by atoms with Crippen LogP contribution in [0.25, 0.3) is 0 Å². The molecule has 88 valence electrons. The van der Waals surface area contributed by atoms with Crippen LogP contribution in [0.1, 0.15) is 64.7 Å². The highest BCUT2D eigenvalue weighted by Crippen LogP contribution is 2.43. The van der Waals surface area contributed by atoms with Crippen molar-refractivity contribution in [2.45, 2.75) is 69.5 Å². The SMILES string of the molecule is CCC1CCCC(C2CCCCC2Br)C1. The zero-order chi connectivity index (χ0) is 10.7. The molecule has 0 aromatic carbocycles. The van der Waals surface area contributed by atoms with Crippen molar-refractivity contribution in [3.63, 3.8) is 0 Å². The van der Waals surface area contributed by atoms with Gasteiger partial charge in [-0.05, 0) is 37.0 Å². The molecule has 4 atom stereocenters. The first-order chi connectivity index (χ1) is 7.31. The average Bonchev–Trinajstić information content (AvgIpc) is 2.30. The van der Waals surface area contributed by atoms with E-state index in [1.165, 1.54) is 57.8 Å². The Morgan fingerprint density at radius 1 is 1.00 bits per heavy atom. The minimum atomic E-state index is 0.840. The molecule has 2 aliphatic carbocycles. The highest BCUT2D eigenvalue weighted by atomic mass is 79.9. The molecule has 2 saturated carbocycles. The number of hydrogen-bond acceptors (Lipinski definition) is 0. The molecular formula is C14H25Br. The summed E-state index contributed by atoms with van der Waals surface area (Å²) in [7, 11) is 0. The summed E-state index contributed by atoms with van der Waals surface area (Å²) in [5, 5.41) is 0. The van der Waals surface area contributed by atoms with Crippen molar-refractivity contribution in [3.8, 4) is 0 Å². The van der Waals surface area contributed by atoms with E-state index in [9.17, 15) is 0 Å². The lowest BCUT2D eigenvalue weighted by atomic mass is 9.70. The van der Waals surface area contributed by atoms with Crippen molar-refractivity contribution >= 4 is 15.9 Å². The Labute approximate surface area is 103 Å². The molecule has 2 fully saturated rings. The van der Waals surface area contributed by atoms with Crippen LogP contribution in [-0.2, 0) is 0 Å². The number of rotatable bonds is 2. The Kier molecular flexibility index (Phi) is 4.54. The molecule has 0 aliphatic heterocycles. The largest absolute Gasteiger partial charge is 0.0888 e. The molecule has 15 heavy (non-hydrogen) atoms. The molecule has 0 saturated heterocycles. The van der Waals surface area contributed by atoms with E-state index in [2.05, 4.69) is 22.9 Å². The van der Waals surface area contributed by atoms with Gasteiger partial charge < -0.3 is 0 Å². The van der Waals surface area contributed by atoms with Crippen LogP contribution < -0.4 is 0 Å². The van der Waals surface area contributed by atoms with Crippen molar-refractivity contribution in [2.75, 3.05) is 0 Å². The van der Waals surface area contributed by atoms with E-state index < -0.39 is 0 Å². The fraction of sp³-hybridized carbons (Fsp3) is 1.00. The molecule has 0 nitrogen and oxygen atoms in total. The van der Waals surface area contributed by atoms with Crippen molar-refractivity contribution in [2.24, 2.45) is 17.8 Å². The van der Waals surface area contributed by atoms with E-state index in [0.29, 0.717) is 0 Å². The summed E-state index contributed by atoms with van der Waals surface area (Å²) in [6, 6.07) is 0. The molecule has 0 aromatic heterocycles. The molecule has 0 N–H and O–H groups in total. The van der Waals surface area contributed by atoms with E-state index in [1.807, 2.05) is 0 Å². The number of hydrogen-bond donors (Lipinski definition) is 0. The zero-order valence-electron chi connectivity index (χ0n) is 10.1. The topological polar surface area (TPSA) is 0 Å². The highest BCUT2D eigenvalue weighted by molar-refractivity contribution is 9.09. The molecule has 2 aliphatic rings. The van der Waals surface area contributed by atoms with Gasteiger partial charge in [-0.1, -0.05) is 61.4 Å². The summed E-state index contributed by atoms with van der Waals surface area (Å²) in [5.74, 6) is 3.10. The van der Waals surface area contributed by atoms with Crippen LogP contribution in [0.3, 0.4) is 0 Å². The van der Waals surface area contributed by atoms with Crippen molar-refractivity contribution in [3.05, 3.63) is 0 Å². The van der Waals surface area contributed by atoms with E-state index in [-0.39, 0.29) is 0 Å². The fourth-order valence-electron chi connectivity index (χ4n) is 3.74. The van der Waals surface area contributed by atoms with Crippen LogP contribution in [-0.4, -0.2) is 4.83 Å². The molecule has 0 spiro atoms. The van der Waals surface area contributed by atoms with E-state index >= 15 is 0 Å². The van der Waals surface area contributed by atoms with Gasteiger partial charge >= 0.3 is 0 Å². The third-order valence-electron chi connectivity index (χ3n) is 4.74. The standard InChI is InChI=1S/C14H25Br/c1-2-11-6-5-7-12(10-11)13-8-3-4-9-14(13)15/h11-14H,2-10H2,1H3. The summed E-state index contributed by atoms with van der Waals surface area (Å²) >= 11 is 3.93. The summed E-state index contributed by atoms with van der Waals surface area (Å²) in [6.45, 7) is 2.37. The van der Waals surface area contributed by atoms with Gasteiger partial charge in [0.2, 0.25) is 0 Å². The predicted octanol–water partition coefficient (Wildman–Crippen LogP) is 5.16. The van der Waals surface area contributed by atoms with Gasteiger partial charge in [0.05, 0.1) is 0 Å². The third kappa shape index (κ3) is 2.99. The van der Waals surface area contributed by atoms with Gasteiger partial charge in [-0.25, -0.2) is 0 Å². The lowest BCUT2D eigenvalue weighted by molar-refractivity contribution is 0.164. The van der Waals surface area contributed by atoms with Crippen molar-refractivity contribution in [1.82, 2.24) is 0 Å². The first-order valence-corrected chi connectivity index (χ1v) is 7.87. The second-order valence-corrected chi connectivity index (χ2v) is 6.84. The molecule has 0 heterocycles. The Bertz CT molecular complexity index is 190. The monoisotopic (exact) mass is 272 g/mol. The first-order valence-electron chi connectivity index (χ1n) is 6.95. The maximum absolute atomic E-state index is 3.93. The predicted molar refractivity (Wildman–Crippen MR) is 70.4 cm³/mol. The molecule has 0 bridgehead atoms. The summed E-state index contributed by atoms with van der Waals surface area (Å²) < 4.78 is 0. The van der Waals surface area contributed by atoms with Gasteiger partial charge in [0.25, 0.3) is 0 Å². The van der Waals surface area contributed by atoms with E-state index in [0.717, 1.165) is 22.6 Å². The Balaban J connectivity index is 1.90. The van der Waals surface area contributed by atoms with Gasteiger partial charge in [-0.2, -0.15) is 0 Å². The third-order valence-corrected chi connectivity index (χ3v) is 5.88.